The van der Waals surface area contributed by atoms with Gasteiger partial charge in [0.05, 0.1) is 5.02 Å². The molecule has 0 aliphatic rings. The monoisotopic (exact) mass is 291 g/mol. The minimum Gasteiger partial charge on any atom is -0.310 e. The van der Waals surface area contributed by atoms with Gasteiger partial charge in [-0.05, 0) is 47.9 Å². The Hall–Kier alpha value is -1.38. The van der Waals surface area contributed by atoms with Gasteiger partial charge in [0.2, 0.25) is 0 Å². The summed E-state index contributed by atoms with van der Waals surface area (Å²) >= 11 is 6.16. The zero-order valence-corrected chi connectivity index (χ0v) is 12.8. The van der Waals surface area contributed by atoms with Crippen LogP contribution in [0.1, 0.15) is 25.0 Å². The van der Waals surface area contributed by atoms with E-state index in [0.717, 1.165) is 23.2 Å². The van der Waals surface area contributed by atoms with Crippen molar-refractivity contribution in [3.8, 4) is 11.1 Å². The fourth-order valence-corrected chi connectivity index (χ4v) is 2.37. The minimum atomic E-state index is -0.311. The van der Waals surface area contributed by atoms with E-state index < -0.39 is 0 Å². The highest BCUT2D eigenvalue weighted by molar-refractivity contribution is 6.33. The van der Waals surface area contributed by atoms with Gasteiger partial charge in [0.1, 0.15) is 5.82 Å². The fraction of sp³-hybridized carbons (Fsp3) is 0.294. The van der Waals surface area contributed by atoms with E-state index in [1.807, 2.05) is 6.92 Å². The predicted molar refractivity (Wildman–Crippen MR) is 83.6 cm³/mol. The Labute approximate surface area is 124 Å². The van der Waals surface area contributed by atoms with E-state index in [1.165, 1.54) is 17.7 Å². The van der Waals surface area contributed by atoms with Crippen LogP contribution in [0, 0.1) is 12.7 Å². The molecule has 2 rings (SSSR count). The molecule has 0 saturated heterocycles. The Kier molecular flexibility index (Phi) is 4.79. The molecule has 0 atom stereocenters. The van der Waals surface area contributed by atoms with Crippen LogP contribution in [0.4, 0.5) is 4.39 Å². The summed E-state index contributed by atoms with van der Waals surface area (Å²) in [4.78, 5) is 0. The molecule has 20 heavy (non-hydrogen) atoms. The van der Waals surface area contributed by atoms with Crippen LogP contribution in [0.5, 0.6) is 0 Å². The highest BCUT2D eigenvalue weighted by Crippen LogP contribution is 2.31. The lowest BCUT2D eigenvalue weighted by Crippen LogP contribution is -2.21. The summed E-state index contributed by atoms with van der Waals surface area (Å²) in [6.07, 6.45) is 0. The van der Waals surface area contributed by atoms with E-state index >= 15 is 0 Å². The third-order valence-corrected chi connectivity index (χ3v) is 3.55. The first-order valence-electron chi connectivity index (χ1n) is 6.75. The van der Waals surface area contributed by atoms with Gasteiger partial charge in [-0.2, -0.15) is 0 Å². The van der Waals surface area contributed by atoms with Crippen molar-refractivity contribution >= 4 is 11.6 Å². The van der Waals surface area contributed by atoms with E-state index in [4.69, 9.17) is 11.6 Å². The normalized spacial score (nSPS) is 11.1. The van der Waals surface area contributed by atoms with Crippen LogP contribution in [0.15, 0.2) is 36.4 Å². The number of nitrogens with one attached hydrogen (secondary N) is 1. The van der Waals surface area contributed by atoms with Crippen molar-refractivity contribution in [3.05, 3.63) is 58.4 Å². The zero-order chi connectivity index (χ0) is 14.7. The molecule has 0 heterocycles. The average molecular weight is 292 g/mol. The largest absolute Gasteiger partial charge is 0.310 e. The molecular formula is C17H19ClFN. The summed E-state index contributed by atoms with van der Waals surface area (Å²) in [5.41, 5.74) is 4.25. The van der Waals surface area contributed by atoms with Gasteiger partial charge in [0.25, 0.3) is 0 Å². The second-order valence-electron chi connectivity index (χ2n) is 5.31. The van der Waals surface area contributed by atoms with Gasteiger partial charge in [0, 0.05) is 18.2 Å². The molecule has 0 spiro atoms. The van der Waals surface area contributed by atoms with Crippen molar-refractivity contribution in [1.82, 2.24) is 5.32 Å². The minimum absolute atomic E-state index is 0.311. The van der Waals surface area contributed by atoms with E-state index in [2.05, 4.69) is 37.4 Å². The topological polar surface area (TPSA) is 12.0 Å². The molecule has 0 fully saturated rings. The molecule has 0 amide bonds. The molecule has 2 aromatic carbocycles. The molecule has 0 bridgehead atoms. The third-order valence-electron chi connectivity index (χ3n) is 3.24. The average Bonchev–Trinajstić information content (AvgIpc) is 2.38. The number of rotatable bonds is 4. The summed E-state index contributed by atoms with van der Waals surface area (Å²) < 4.78 is 13.2. The molecule has 1 nitrogen and oxygen atoms in total. The van der Waals surface area contributed by atoms with Crippen LogP contribution in [0.2, 0.25) is 5.02 Å². The zero-order valence-electron chi connectivity index (χ0n) is 12.0. The lowest BCUT2D eigenvalue weighted by Gasteiger charge is -2.13. The molecule has 0 aliphatic heterocycles. The Morgan fingerprint density at radius 2 is 1.85 bits per heavy atom. The Morgan fingerprint density at radius 3 is 2.50 bits per heavy atom. The number of aryl methyl sites for hydroxylation is 1. The summed E-state index contributed by atoms with van der Waals surface area (Å²) in [5.74, 6) is -0.311. The Morgan fingerprint density at radius 1 is 1.10 bits per heavy atom. The molecule has 0 aliphatic carbocycles. The second-order valence-corrected chi connectivity index (χ2v) is 5.72. The van der Waals surface area contributed by atoms with Gasteiger partial charge >= 0.3 is 0 Å². The third kappa shape index (κ3) is 3.59. The molecule has 0 unspecified atom stereocenters. The standard InChI is InChI=1S/C17H19ClFN/c1-11(2)20-10-13-5-4-12(3)16(8-13)15-7-6-14(19)9-17(15)18/h4-9,11,20H,10H2,1-3H3. The second kappa shape index (κ2) is 6.38. The predicted octanol–water partition coefficient (Wildman–Crippen LogP) is 4.95. The number of benzene rings is 2. The molecule has 0 radical (unpaired) electrons. The van der Waals surface area contributed by atoms with Gasteiger partial charge in [-0.1, -0.05) is 37.6 Å². The molecule has 0 saturated carbocycles. The Bertz CT molecular complexity index is 608. The highest BCUT2D eigenvalue weighted by Gasteiger charge is 2.08. The molecule has 1 N–H and O–H groups in total. The van der Waals surface area contributed by atoms with Crippen LogP contribution in [0.25, 0.3) is 11.1 Å². The molecule has 0 aromatic heterocycles. The first-order valence-corrected chi connectivity index (χ1v) is 7.13. The summed E-state index contributed by atoms with van der Waals surface area (Å²) in [6, 6.07) is 11.3. The number of hydrogen-bond acceptors (Lipinski definition) is 1. The summed E-state index contributed by atoms with van der Waals surface area (Å²) in [5, 5.41) is 3.84. The molecular weight excluding hydrogens is 273 g/mol. The highest BCUT2D eigenvalue weighted by atomic mass is 35.5. The number of halogens is 2. The lowest BCUT2D eigenvalue weighted by atomic mass is 9.98. The van der Waals surface area contributed by atoms with E-state index in [0.29, 0.717) is 11.1 Å². The van der Waals surface area contributed by atoms with Crippen molar-refractivity contribution in [2.75, 3.05) is 0 Å². The molecule has 2 aromatic rings. The smallest absolute Gasteiger partial charge is 0.124 e. The quantitative estimate of drug-likeness (QED) is 0.840. The van der Waals surface area contributed by atoms with Gasteiger partial charge < -0.3 is 5.32 Å². The first-order chi connectivity index (χ1) is 9.47. The SMILES string of the molecule is Cc1ccc(CNC(C)C)cc1-c1ccc(F)cc1Cl. The first kappa shape index (κ1) is 15.0. The lowest BCUT2D eigenvalue weighted by molar-refractivity contribution is 0.589. The molecule has 3 heteroatoms. The van der Waals surface area contributed by atoms with Crippen molar-refractivity contribution in [2.24, 2.45) is 0 Å². The fourth-order valence-electron chi connectivity index (χ4n) is 2.10. The van der Waals surface area contributed by atoms with Crippen molar-refractivity contribution in [1.29, 1.82) is 0 Å². The molecule has 106 valence electrons. The maximum absolute atomic E-state index is 13.2. The van der Waals surface area contributed by atoms with Crippen LogP contribution in [-0.4, -0.2) is 6.04 Å². The number of hydrogen-bond donors (Lipinski definition) is 1. The summed E-state index contributed by atoms with van der Waals surface area (Å²) in [6.45, 7) is 7.08. The van der Waals surface area contributed by atoms with Crippen LogP contribution in [-0.2, 0) is 6.54 Å². The van der Waals surface area contributed by atoms with Crippen LogP contribution < -0.4 is 5.32 Å². The van der Waals surface area contributed by atoms with Crippen molar-refractivity contribution in [2.45, 2.75) is 33.4 Å². The van der Waals surface area contributed by atoms with Gasteiger partial charge in [0.15, 0.2) is 0 Å². The summed E-state index contributed by atoms with van der Waals surface area (Å²) in [7, 11) is 0. The van der Waals surface area contributed by atoms with E-state index in [-0.39, 0.29) is 5.82 Å². The van der Waals surface area contributed by atoms with Gasteiger partial charge in [-0.15, -0.1) is 0 Å². The van der Waals surface area contributed by atoms with E-state index in [9.17, 15) is 4.39 Å². The van der Waals surface area contributed by atoms with Crippen LogP contribution in [0.3, 0.4) is 0 Å². The maximum Gasteiger partial charge on any atom is 0.124 e. The van der Waals surface area contributed by atoms with Gasteiger partial charge in [-0.3, -0.25) is 0 Å². The Balaban J connectivity index is 2.37. The maximum atomic E-state index is 13.2. The van der Waals surface area contributed by atoms with Crippen molar-refractivity contribution in [3.63, 3.8) is 0 Å². The van der Waals surface area contributed by atoms with Crippen LogP contribution >= 0.6 is 11.6 Å². The van der Waals surface area contributed by atoms with Crippen molar-refractivity contribution < 1.29 is 4.39 Å². The van der Waals surface area contributed by atoms with Gasteiger partial charge in [-0.25, -0.2) is 4.39 Å². The van der Waals surface area contributed by atoms with E-state index in [1.54, 1.807) is 6.07 Å².